The molecule has 14 heteroatoms. The summed E-state index contributed by atoms with van der Waals surface area (Å²) < 4.78 is 66.0. The number of rotatable bonds is 10. The van der Waals surface area contributed by atoms with Crippen LogP contribution in [0.3, 0.4) is 0 Å². The van der Waals surface area contributed by atoms with Crippen molar-refractivity contribution in [3.8, 4) is 0 Å². The minimum Gasteiger partial charge on any atom is -0.352 e. The molecule has 0 unspecified atom stereocenters. The highest BCUT2D eigenvalue weighted by Gasteiger charge is 2.35. The number of alkyl halides is 3. The van der Waals surface area contributed by atoms with E-state index in [1.54, 1.807) is 13.0 Å². The summed E-state index contributed by atoms with van der Waals surface area (Å²) in [5.41, 5.74) is -1.18. The van der Waals surface area contributed by atoms with E-state index in [1.165, 1.54) is 19.1 Å². The van der Waals surface area contributed by atoms with E-state index in [-0.39, 0.29) is 22.6 Å². The smallest absolute Gasteiger partial charge is 0.352 e. The lowest BCUT2D eigenvalue weighted by molar-refractivity contribution is -0.139. The fourth-order valence-electron chi connectivity index (χ4n) is 3.38. The van der Waals surface area contributed by atoms with Crippen LogP contribution in [0.1, 0.15) is 38.3 Å². The third-order valence-corrected chi connectivity index (χ3v) is 7.94. The highest BCUT2D eigenvalue weighted by molar-refractivity contribution is 7.92. The van der Waals surface area contributed by atoms with E-state index in [0.717, 1.165) is 23.3 Å². The summed E-state index contributed by atoms with van der Waals surface area (Å²) in [6, 6.07) is 5.83. The first-order chi connectivity index (χ1) is 17.4. The average Bonchev–Trinajstić information content (AvgIpc) is 2.81. The summed E-state index contributed by atoms with van der Waals surface area (Å²) in [5.74, 6) is -1.33. The summed E-state index contributed by atoms with van der Waals surface area (Å²) >= 11 is 17.7. The van der Waals surface area contributed by atoms with Crippen molar-refractivity contribution in [2.75, 3.05) is 17.1 Å². The summed E-state index contributed by atoms with van der Waals surface area (Å²) in [5, 5.41) is 2.60. The molecule has 0 saturated heterocycles. The van der Waals surface area contributed by atoms with Crippen LogP contribution in [-0.2, 0) is 32.3 Å². The van der Waals surface area contributed by atoms with Gasteiger partial charge in [0.15, 0.2) is 0 Å². The number of amides is 2. The molecule has 0 bridgehead atoms. The molecular formula is C24H27Cl3F3N3O4S. The van der Waals surface area contributed by atoms with Gasteiger partial charge in [0.05, 0.1) is 32.6 Å². The molecule has 0 fully saturated rings. The van der Waals surface area contributed by atoms with Gasteiger partial charge in [-0.05, 0) is 56.2 Å². The van der Waals surface area contributed by atoms with E-state index >= 15 is 0 Å². The van der Waals surface area contributed by atoms with E-state index in [1.807, 2.05) is 6.92 Å². The van der Waals surface area contributed by atoms with Gasteiger partial charge in [-0.15, -0.1) is 0 Å². The van der Waals surface area contributed by atoms with Crippen LogP contribution in [0, 0.1) is 0 Å². The maximum atomic E-state index is 13.5. The lowest BCUT2D eigenvalue weighted by Gasteiger charge is -2.32. The van der Waals surface area contributed by atoms with Gasteiger partial charge in [0.2, 0.25) is 21.8 Å². The Hall–Kier alpha value is -2.21. The number of nitrogens with zero attached hydrogens (tertiary/aromatic N) is 2. The molecule has 0 aliphatic carbocycles. The molecule has 0 aliphatic heterocycles. The lowest BCUT2D eigenvalue weighted by atomic mass is 10.1. The Bertz CT molecular complexity index is 1290. The van der Waals surface area contributed by atoms with Gasteiger partial charge in [0.1, 0.15) is 12.6 Å². The second kappa shape index (κ2) is 12.8. The molecule has 2 rings (SSSR count). The van der Waals surface area contributed by atoms with Gasteiger partial charge < -0.3 is 10.2 Å². The van der Waals surface area contributed by atoms with Gasteiger partial charge in [-0.1, -0.05) is 47.8 Å². The monoisotopic (exact) mass is 615 g/mol. The zero-order valence-electron chi connectivity index (χ0n) is 20.9. The first-order valence-corrected chi connectivity index (χ1v) is 14.3. The topological polar surface area (TPSA) is 86.8 Å². The van der Waals surface area contributed by atoms with Crippen molar-refractivity contribution in [1.29, 1.82) is 0 Å². The quantitative estimate of drug-likeness (QED) is 0.368. The Morgan fingerprint density at radius 1 is 1.00 bits per heavy atom. The molecule has 2 aromatic carbocycles. The number of halogens is 6. The maximum absolute atomic E-state index is 13.5. The standard InChI is InChI=1S/C24H27Cl3F3N3O4S/c1-5-14(2)31-23(35)15(3)32(12-16-6-8-20(26)21(27)10-16)22(34)13-33(38(4,36)37)17-7-9-19(25)18(11-17)24(28,29)30/h6-11,14-15H,5,12-13H2,1-4H3,(H,31,35)/t14-,15-/m0/s1. The molecule has 0 radical (unpaired) electrons. The highest BCUT2D eigenvalue weighted by atomic mass is 35.5. The zero-order valence-corrected chi connectivity index (χ0v) is 24.0. The molecule has 0 aliphatic rings. The number of carbonyl (C=O) groups excluding carboxylic acids is 2. The van der Waals surface area contributed by atoms with Crippen LogP contribution in [0.2, 0.25) is 15.1 Å². The number of anilines is 1. The molecule has 7 nitrogen and oxygen atoms in total. The predicted octanol–water partition coefficient (Wildman–Crippen LogP) is 5.76. The highest BCUT2D eigenvalue weighted by Crippen LogP contribution is 2.37. The van der Waals surface area contributed by atoms with Crippen molar-refractivity contribution in [3.05, 3.63) is 62.6 Å². The van der Waals surface area contributed by atoms with Crippen molar-refractivity contribution < 1.29 is 31.2 Å². The van der Waals surface area contributed by atoms with Crippen molar-refractivity contribution in [2.45, 2.75) is 52.0 Å². The van der Waals surface area contributed by atoms with Crippen LogP contribution in [0.5, 0.6) is 0 Å². The largest absolute Gasteiger partial charge is 0.417 e. The molecular weight excluding hydrogens is 590 g/mol. The Labute approximate surface area is 234 Å². The molecule has 38 heavy (non-hydrogen) atoms. The van der Waals surface area contributed by atoms with Crippen LogP contribution < -0.4 is 9.62 Å². The van der Waals surface area contributed by atoms with E-state index in [0.29, 0.717) is 22.4 Å². The fraction of sp³-hybridized carbons (Fsp3) is 0.417. The van der Waals surface area contributed by atoms with Gasteiger partial charge in [0, 0.05) is 12.6 Å². The normalized spacial score (nSPS) is 13.5. The van der Waals surface area contributed by atoms with Gasteiger partial charge in [-0.25, -0.2) is 8.42 Å². The predicted molar refractivity (Wildman–Crippen MR) is 143 cm³/mol. The average molecular weight is 617 g/mol. The minimum atomic E-state index is -4.86. The molecule has 2 atom stereocenters. The molecule has 0 aromatic heterocycles. The zero-order chi connectivity index (χ0) is 29.0. The van der Waals surface area contributed by atoms with Crippen LogP contribution in [-0.4, -0.2) is 50.0 Å². The summed E-state index contributed by atoms with van der Waals surface area (Å²) in [6.45, 7) is 4.07. The van der Waals surface area contributed by atoms with Gasteiger partial charge >= 0.3 is 6.18 Å². The second-order valence-corrected chi connectivity index (χ2v) is 11.8. The van der Waals surface area contributed by atoms with Crippen molar-refractivity contribution in [2.24, 2.45) is 0 Å². The summed E-state index contributed by atoms with van der Waals surface area (Å²) in [7, 11) is -4.24. The summed E-state index contributed by atoms with van der Waals surface area (Å²) in [6.07, 6.45) is -3.48. The molecule has 210 valence electrons. The lowest BCUT2D eigenvalue weighted by Crippen LogP contribution is -2.52. The van der Waals surface area contributed by atoms with E-state index < -0.39 is 56.9 Å². The molecule has 0 heterocycles. The van der Waals surface area contributed by atoms with Crippen LogP contribution in [0.4, 0.5) is 18.9 Å². The maximum Gasteiger partial charge on any atom is 0.417 e. The molecule has 0 saturated carbocycles. The molecule has 1 N–H and O–H groups in total. The summed E-state index contributed by atoms with van der Waals surface area (Å²) in [4.78, 5) is 27.5. The SMILES string of the molecule is CC[C@H](C)NC(=O)[C@H](C)N(Cc1ccc(Cl)c(Cl)c1)C(=O)CN(c1ccc(Cl)c(C(F)(F)F)c1)S(C)(=O)=O. The van der Waals surface area contributed by atoms with Gasteiger partial charge in [-0.2, -0.15) is 13.2 Å². The molecule has 2 aromatic rings. The van der Waals surface area contributed by atoms with Gasteiger partial charge in [0.25, 0.3) is 0 Å². The van der Waals surface area contributed by atoms with E-state index in [4.69, 9.17) is 34.8 Å². The molecule has 2 amide bonds. The van der Waals surface area contributed by atoms with Gasteiger partial charge in [-0.3, -0.25) is 13.9 Å². The third-order valence-electron chi connectivity index (χ3n) is 5.73. The van der Waals surface area contributed by atoms with Crippen molar-refractivity contribution in [1.82, 2.24) is 10.2 Å². The fourth-order valence-corrected chi connectivity index (χ4v) is 4.77. The molecule has 0 spiro atoms. The van der Waals surface area contributed by atoms with Crippen LogP contribution >= 0.6 is 34.8 Å². The number of hydrogen-bond donors (Lipinski definition) is 1. The van der Waals surface area contributed by atoms with Crippen molar-refractivity contribution in [3.63, 3.8) is 0 Å². The number of nitrogens with one attached hydrogen (secondary N) is 1. The number of hydrogen-bond acceptors (Lipinski definition) is 4. The Balaban J connectivity index is 2.50. The Kier molecular flexibility index (Phi) is 10.7. The number of benzene rings is 2. The number of sulfonamides is 1. The van der Waals surface area contributed by atoms with Crippen molar-refractivity contribution >= 4 is 62.3 Å². The Morgan fingerprint density at radius 3 is 2.13 bits per heavy atom. The second-order valence-electron chi connectivity index (χ2n) is 8.70. The van der Waals surface area contributed by atoms with E-state index in [9.17, 15) is 31.2 Å². The first kappa shape index (κ1) is 32.0. The number of carbonyl (C=O) groups is 2. The van der Waals surface area contributed by atoms with E-state index in [2.05, 4.69) is 5.32 Å². The third kappa shape index (κ3) is 8.39. The van der Waals surface area contributed by atoms with Crippen LogP contribution in [0.25, 0.3) is 0 Å². The van der Waals surface area contributed by atoms with Crippen LogP contribution in [0.15, 0.2) is 36.4 Å². The first-order valence-electron chi connectivity index (χ1n) is 11.3. The minimum absolute atomic E-state index is 0.156. The Morgan fingerprint density at radius 2 is 1.61 bits per heavy atom.